The maximum atomic E-state index is 10.8. The zero-order chi connectivity index (χ0) is 13.1. The number of hydrogen-bond acceptors (Lipinski definition) is 4. The highest BCUT2D eigenvalue weighted by Crippen LogP contribution is 2.34. The van der Waals surface area contributed by atoms with Gasteiger partial charge in [0.25, 0.3) is 0 Å². The first-order valence-electron chi connectivity index (χ1n) is 5.74. The minimum atomic E-state index is -1.79. The van der Waals surface area contributed by atoms with Gasteiger partial charge in [0.15, 0.2) is 6.29 Å². The summed E-state index contributed by atoms with van der Waals surface area (Å²) < 4.78 is 27.0. The molecule has 2 rings (SSSR count). The fourth-order valence-corrected chi connectivity index (χ4v) is 2.35. The molecule has 1 aliphatic rings. The standard InChI is InChI=1S/C12H17NO4S/c1-8-5-3-4-6-10(8)12-11(7-15-18(13)14)16-9(2)17-12/h3-6,9,11-12H,7,13H2,1-2H3/t9?,11-,12-,18?/m1/s1. The summed E-state index contributed by atoms with van der Waals surface area (Å²) in [5, 5.41) is 5.07. The van der Waals surface area contributed by atoms with E-state index in [1.54, 1.807) is 0 Å². The lowest BCUT2D eigenvalue weighted by Gasteiger charge is -2.18. The molecule has 1 saturated heterocycles. The molecule has 1 heterocycles. The molecule has 0 amide bonds. The van der Waals surface area contributed by atoms with Crippen LogP contribution in [0.25, 0.3) is 0 Å². The zero-order valence-corrected chi connectivity index (χ0v) is 11.2. The van der Waals surface area contributed by atoms with Crippen molar-refractivity contribution in [3.63, 3.8) is 0 Å². The van der Waals surface area contributed by atoms with Crippen LogP contribution in [0.15, 0.2) is 24.3 Å². The van der Waals surface area contributed by atoms with Crippen LogP contribution < -0.4 is 5.14 Å². The molecule has 1 aromatic rings. The molecule has 100 valence electrons. The molecule has 0 radical (unpaired) electrons. The highest BCUT2D eigenvalue weighted by molar-refractivity contribution is 7.77. The van der Waals surface area contributed by atoms with E-state index in [-0.39, 0.29) is 25.1 Å². The normalized spacial score (nSPS) is 29.4. The van der Waals surface area contributed by atoms with Crippen LogP contribution >= 0.6 is 0 Å². The molecular weight excluding hydrogens is 254 g/mol. The van der Waals surface area contributed by atoms with Crippen molar-refractivity contribution in [1.82, 2.24) is 0 Å². The average molecular weight is 271 g/mol. The summed E-state index contributed by atoms with van der Waals surface area (Å²) in [6.45, 7) is 3.98. The topological polar surface area (TPSA) is 70.8 Å². The Bertz CT molecular complexity index is 440. The smallest absolute Gasteiger partial charge is 0.231 e. The number of aryl methyl sites for hydroxylation is 1. The van der Waals surface area contributed by atoms with Crippen molar-refractivity contribution in [3.05, 3.63) is 35.4 Å². The average Bonchev–Trinajstić information content (AvgIpc) is 2.68. The fraction of sp³-hybridized carbons (Fsp3) is 0.500. The van der Waals surface area contributed by atoms with E-state index >= 15 is 0 Å². The van der Waals surface area contributed by atoms with Gasteiger partial charge in [0.2, 0.25) is 11.3 Å². The SMILES string of the molecule is Cc1ccccc1[C@H]1OC(C)O[C@@H]1COS(N)=O. The van der Waals surface area contributed by atoms with Gasteiger partial charge in [-0.2, -0.15) is 0 Å². The number of hydrogen-bond donors (Lipinski definition) is 1. The van der Waals surface area contributed by atoms with Crippen molar-refractivity contribution in [1.29, 1.82) is 0 Å². The molecule has 5 nitrogen and oxygen atoms in total. The molecule has 0 saturated carbocycles. The Morgan fingerprint density at radius 2 is 2.11 bits per heavy atom. The van der Waals surface area contributed by atoms with Gasteiger partial charge in [-0.1, -0.05) is 24.3 Å². The lowest BCUT2D eigenvalue weighted by Crippen LogP contribution is -2.24. The Morgan fingerprint density at radius 1 is 1.39 bits per heavy atom. The number of benzene rings is 1. The van der Waals surface area contributed by atoms with E-state index in [1.807, 2.05) is 38.1 Å². The molecule has 0 aliphatic carbocycles. The third-order valence-corrected chi connectivity index (χ3v) is 3.25. The van der Waals surface area contributed by atoms with Crippen molar-refractivity contribution >= 4 is 11.3 Å². The quantitative estimate of drug-likeness (QED) is 0.897. The van der Waals surface area contributed by atoms with E-state index in [0.717, 1.165) is 11.1 Å². The van der Waals surface area contributed by atoms with E-state index in [9.17, 15) is 4.21 Å². The summed E-state index contributed by atoms with van der Waals surface area (Å²) in [4.78, 5) is 0. The minimum absolute atomic E-state index is 0.145. The third-order valence-electron chi connectivity index (χ3n) is 2.89. The summed E-state index contributed by atoms with van der Waals surface area (Å²) >= 11 is -1.79. The maximum Gasteiger partial charge on any atom is 0.231 e. The fourth-order valence-electron chi connectivity index (χ4n) is 2.08. The van der Waals surface area contributed by atoms with Gasteiger partial charge in [0.05, 0.1) is 6.61 Å². The van der Waals surface area contributed by atoms with Gasteiger partial charge in [-0.05, 0) is 25.0 Å². The van der Waals surface area contributed by atoms with Crippen LogP contribution in [0, 0.1) is 6.92 Å². The summed E-state index contributed by atoms with van der Waals surface area (Å²) in [6.07, 6.45) is -0.826. The first-order valence-corrected chi connectivity index (χ1v) is 6.87. The zero-order valence-electron chi connectivity index (χ0n) is 10.4. The number of nitrogens with two attached hydrogens (primary N) is 1. The highest BCUT2D eigenvalue weighted by atomic mass is 32.2. The molecule has 2 unspecified atom stereocenters. The first-order chi connectivity index (χ1) is 8.58. The lowest BCUT2D eigenvalue weighted by atomic mass is 10.00. The third kappa shape index (κ3) is 3.15. The second kappa shape index (κ2) is 5.90. The van der Waals surface area contributed by atoms with Crippen molar-refractivity contribution in [2.75, 3.05) is 6.61 Å². The van der Waals surface area contributed by atoms with Crippen molar-refractivity contribution in [3.8, 4) is 0 Å². The Hall–Kier alpha value is -0.790. The van der Waals surface area contributed by atoms with Crippen LogP contribution in [0.5, 0.6) is 0 Å². The molecule has 2 N–H and O–H groups in total. The Morgan fingerprint density at radius 3 is 2.78 bits per heavy atom. The van der Waals surface area contributed by atoms with Crippen LogP contribution in [0.1, 0.15) is 24.2 Å². The Labute approximate surface area is 109 Å². The van der Waals surface area contributed by atoms with E-state index in [2.05, 4.69) is 0 Å². The summed E-state index contributed by atoms with van der Waals surface area (Å²) in [6, 6.07) is 7.93. The van der Waals surface area contributed by atoms with Gasteiger partial charge in [-0.25, -0.2) is 9.35 Å². The van der Waals surface area contributed by atoms with Gasteiger partial charge in [0, 0.05) is 0 Å². The van der Waals surface area contributed by atoms with Crippen LogP contribution in [0.4, 0.5) is 0 Å². The summed E-state index contributed by atoms with van der Waals surface area (Å²) in [5.41, 5.74) is 2.18. The van der Waals surface area contributed by atoms with E-state index in [1.165, 1.54) is 0 Å². The molecule has 6 heteroatoms. The molecule has 1 aliphatic heterocycles. The molecule has 4 atom stereocenters. The van der Waals surface area contributed by atoms with Gasteiger partial charge < -0.3 is 9.47 Å². The summed E-state index contributed by atoms with van der Waals surface area (Å²) in [5.74, 6) is 0. The van der Waals surface area contributed by atoms with E-state index in [4.69, 9.17) is 18.8 Å². The molecule has 1 aromatic carbocycles. The van der Waals surface area contributed by atoms with Gasteiger partial charge in [-0.15, -0.1) is 0 Å². The van der Waals surface area contributed by atoms with Crippen molar-refractivity contribution in [2.45, 2.75) is 32.3 Å². The van der Waals surface area contributed by atoms with Crippen LogP contribution in [0.3, 0.4) is 0 Å². The first kappa shape index (κ1) is 13.6. The molecule has 0 bridgehead atoms. The second-order valence-corrected chi connectivity index (χ2v) is 4.96. The van der Waals surface area contributed by atoms with Crippen LogP contribution in [-0.2, 0) is 24.9 Å². The van der Waals surface area contributed by atoms with Crippen LogP contribution in [-0.4, -0.2) is 23.2 Å². The molecule has 0 aromatic heterocycles. The lowest BCUT2D eigenvalue weighted by molar-refractivity contribution is -0.0547. The van der Waals surface area contributed by atoms with E-state index < -0.39 is 11.3 Å². The summed E-state index contributed by atoms with van der Waals surface area (Å²) in [7, 11) is 0. The van der Waals surface area contributed by atoms with Crippen LogP contribution in [0.2, 0.25) is 0 Å². The molecule has 1 fully saturated rings. The number of ether oxygens (including phenoxy) is 2. The number of rotatable bonds is 4. The largest absolute Gasteiger partial charge is 0.344 e. The second-order valence-electron chi connectivity index (χ2n) is 4.20. The highest BCUT2D eigenvalue weighted by Gasteiger charge is 2.36. The van der Waals surface area contributed by atoms with Gasteiger partial charge in [0.1, 0.15) is 12.2 Å². The predicted octanol–water partition coefficient (Wildman–Crippen LogP) is 1.35. The maximum absolute atomic E-state index is 10.8. The van der Waals surface area contributed by atoms with Crippen molar-refractivity contribution in [2.24, 2.45) is 5.14 Å². The van der Waals surface area contributed by atoms with E-state index in [0.29, 0.717) is 0 Å². The Kier molecular flexibility index (Phi) is 4.47. The van der Waals surface area contributed by atoms with Crippen molar-refractivity contribution < 1.29 is 17.9 Å². The van der Waals surface area contributed by atoms with Gasteiger partial charge >= 0.3 is 0 Å². The Balaban J connectivity index is 2.14. The molecule has 0 spiro atoms. The minimum Gasteiger partial charge on any atom is -0.344 e. The monoisotopic (exact) mass is 271 g/mol. The van der Waals surface area contributed by atoms with Gasteiger partial charge in [-0.3, -0.25) is 4.18 Å². The molecular formula is C12H17NO4S. The molecule has 18 heavy (non-hydrogen) atoms. The predicted molar refractivity (Wildman–Crippen MR) is 67.6 cm³/mol.